The van der Waals surface area contributed by atoms with Crippen molar-refractivity contribution in [1.29, 1.82) is 0 Å². The van der Waals surface area contributed by atoms with Crippen LogP contribution in [0.15, 0.2) is 12.1 Å². The average molecular weight is 208 g/mol. The zero-order valence-electron chi connectivity index (χ0n) is 10.0. The summed E-state index contributed by atoms with van der Waals surface area (Å²) < 4.78 is 5.67. The Balaban J connectivity index is 3.09. The van der Waals surface area contributed by atoms with Gasteiger partial charge in [0.1, 0.15) is 5.75 Å². The molecule has 84 valence electrons. The van der Waals surface area contributed by atoms with Gasteiger partial charge in [0.25, 0.3) is 0 Å². The molecule has 0 aliphatic rings. The maximum atomic E-state index is 9.67. The van der Waals surface area contributed by atoms with Crippen LogP contribution in [0, 0.1) is 13.8 Å². The highest BCUT2D eigenvalue weighted by Crippen LogP contribution is 2.30. The predicted octanol–water partition coefficient (Wildman–Crippen LogP) is 3.15. The zero-order chi connectivity index (χ0) is 11.4. The second kappa shape index (κ2) is 5.17. The Morgan fingerprint density at radius 1 is 1.33 bits per heavy atom. The molecule has 0 aromatic heterocycles. The number of rotatable bonds is 4. The number of aliphatic hydroxyl groups excluding tert-OH is 1. The summed E-state index contributed by atoms with van der Waals surface area (Å²) in [5, 5.41) is 9.67. The first-order chi connectivity index (χ1) is 7.06. The summed E-state index contributed by atoms with van der Waals surface area (Å²) in [7, 11) is 0. The summed E-state index contributed by atoms with van der Waals surface area (Å²) in [4.78, 5) is 0. The van der Waals surface area contributed by atoms with E-state index < -0.39 is 6.10 Å². The molecule has 0 fully saturated rings. The average Bonchev–Trinajstić information content (AvgIpc) is 2.15. The van der Waals surface area contributed by atoms with Crippen LogP contribution < -0.4 is 4.74 Å². The number of aliphatic hydroxyl groups is 1. The third kappa shape index (κ3) is 2.96. The fourth-order valence-corrected chi connectivity index (χ4v) is 1.70. The van der Waals surface area contributed by atoms with E-state index in [1.165, 1.54) is 0 Å². The molecule has 0 radical (unpaired) electrons. The molecule has 0 heterocycles. The molecule has 0 aliphatic heterocycles. The molecular formula is C13H20O2. The Kier molecular flexibility index (Phi) is 4.15. The van der Waals surface area contributed by atoms with E-state index >= 15 is 0 Å². The number of aryl methyl sites for hydroxylation is 2. The Morgan fingerprint density at radius 3 is 2.53 bits per heavy atom. The molecule has 15 heavy (non-hydrogen) atoms. The van der Waals surface area contributed by atoms with E-state index in [0.717, 1.165) is 28.9 Å². The van der Waals surface area contributed by atoms with E-state index in [9.17, 15) is 5.11 Å². The lowest BCUT2D eigenvalue weighted by atomic mass is 10.0. The maximum absolute atomic E-state index is 9.67. The monoisotopic (exact) mass is 208 g/mol. The highest BCUT2D eigenvalue weighted by Gasteiger charge is 2.12. The van der Waals surface area contributed by atoms with Crippen LogP contribution in [-0.4, -0.2) is 11.7 Å². The van der Waals surface area contributed by atoms with E-state index in [-0.39, 0.29) is 0 Å². The Labute approximate surface area is 91.9 Å². The molecule has 1 unspecified atom stereocenters. The minimum atomic E-state index is -0.476. The van der Waals surface area contributed by atoms with Crippen molar-refractivity contribution in [3.8, 4) is 5.75 Å². The smallest absolute Gasteiger partial charge is 0.127 e. The van der Waals surface area contributed by atoms with Gasteiger partial charge in [-0.05, 0) is 38.8 Å². The van der Waals surface area contributed by atoms with Crippen molar-refractivity contribution in [3.05, 3.63) is 28.8 Å². The molecule has 0 saturated heterocycles. The minimum absolute atomic E-state index is 0.476. The van der Waals surface area contributed by atoms with Crippen molar-refractivity contribution >= 4 is 0 Å². The predicted molar refractivity (Wildman–Crippen MR) is 62.3 cm³/mol. The van der Waals surface area contributed by atoms with E-state index in [1.807, 2.05) is 19.9 Å². The highest BCUT2D eigenvalue weighted by atomic mass is 16.5. The molecule has 0 amide bonds. The van der Waals surface area contributed by atoms with Crippen LogP contribution in [0.2, 0.25) is 0 Å². The molecule has 1 N–H and O–H groups in total. The molecule has 1 rings (SSSR count). The Hall–Kier alpha value is -1.02. The van der Waals surface area contributed by atoms with Gasteiger partial charge in [0.05, 0.1) is 12.7 Å². The summed E-state index contributed by atoms with van der Waals surface area (Å²) in [5.74, 6) is 0.845. The first kappa shape index (κ1) is 12.1. The van der Waals surface area contributed by atoms with Crippen molar-refractivity contribution in [1.82, 2.24) is 0 Å². The van der Waals surface area contributed by atoms with Gasteiger partial charge in [-0.1, -0.05) is 18.6 Å². The third-order valence-corrected chi connectivity index (χ3v) is 2.35. The van der Waals surface area contributed by atoms with Gasteiger partial charge in [-0.3, -0.25) is 0 Å². The van der Waals surface area contributed by atoms with Crippen molar-refractivity contribution < 1.29 is 9.84 Å². The van der Waals surface area contributed by atoms with E-state index in [0.29, 0.717) is 6.61 Å². The van der Waals surface area contributed by atoms with Gasteiger partial charge < -0.3 is 9.84 Å². The molecule has 1 aromatic carbocycles. The Morgan fingerprint density at radius 2 is 2.00 bits per heavy atom. The zero-order valence-corrected chi connectivity index (χ0v) is 10.0. The summed E-state index contributed by atoms with van der Waals surface area (Å²) in [6.45, 7) is 8.59. The molecule has 0 spiro atoms. The number of hydrogen-bond donors (Lipinski definition) is 1. The lowest BCUT2D eigenvalue weighted by molar-refractivity contribution is 0.191. The maximum Gasteiger partial charge on any atom is 0.127 e. The van der Waals surface area contributed by atoms with Crippen molar-refractivity contribution in [2.45, 2.75) is 40.2 Å². The molecule has 1 aromatic rings. The van der Waals surface area contributed by atoms with Crippen molar-refractivity contribution in [2.75, 3.05) is 6.61 Å². The first-order valence-electron chi connectivity index (χ1n) is 5.48. The van der Waals surface area contributed by atoms with Crippen LogP contribution in [0.25, 0.3) is 0 Å². The molecule has 2 nitrogen and oxygen atoms in total. The first-order valence-corrected chi connectivity index (χ1v) is 5.48. The highest BCUT2D eigenvalue weighted by molar-refractivity contribution is 5.44. The van der Waals surface area contributed by atoms with Gasteiger partial charge in [-0.15, -0.1) is 0 Å². The number of hydrogen-bond acceptors (Lipinski definition) is 2. The molecule has 2 heteroatoms. The van der Waals surface area contributed by atoms with Gasteiger partial charge in [-0.25, -0.2) is 0 Å². The fraction of sp³-hybridized carbons (Fsp3) is 0.538. The lowest BCUT2D eigenvalue weighted by Gasteiger charge is -2.16. The standard InChI is InChI=1S/C13H20O2/c1-5-6-15-13-10(3)7-9(2)8-12(13)11(4)14/h7-8,11,14H,5-6H2,1-4H3. The van der Waals surface area contributed by atoms with Crippen molar-refractivity contribution in [3.63, 3.8) is 0 Å². The van der Waals surface area contributed by atoms with Crippen LogP contribution in [0.3, 0.4) is 0 Å². The molecular weight excluding hydrogens is 188 g/mol. The molecule has 0 bridgehead atoms. The SMILES string of the molecule is CCCOc1c(C)cc(C)cc1C(C)O. The van der Waals surface area contributed by atoms with Gasteiger partial charge in [-0.2, -0.15) is 0 Å². The lowest BCUT2D eigenvalue weighted by Crippen LogP contribution is -2.04. The summed E-state index contributed by atoms with van der Waals surface area (Å²) in [5.41, 5.74) is 3.15. The summed E-state index contributed by atoms with van der Waals surface area (Å²) in [6, 6.07) is 4.07. The topological polar surface area (TPSA) is 29.5 Å². The van der Waals surface area contributed by atoms with Crippen LogP contribution in [0.1, 0.15) is 43.1 Å². The second-order valence-electron chi connectivity index (χ2n) is 4.02. The molecule has 0 aliphatic carbocycles. The van der Waals surface area contributed by atoms with E-state index in [4.69, 9.17) is 4.74 Å². The molecule has 0 saturated carbocycles. The molecule has 1 atom stereocenters. The number of benzene rings is 1. The van der Waals surface area contributed by atoms with Crippen LogP contribution in [0.5, 0.6) is 5.75 Å². The summed E-state index contributed by atoms with van der Waals surface area (Å²) in [6.07, 6.45) is 0.502. The van der Waals surface area contributed by atoms with Crippen molar-refractivity contribution in [2.24, 2.45) is 0 Å². The third-order valence-electron chi connectivity index (χ3n) is 2.35. The van der Waals surface area contributed by atoms with E-state index in [1.54, 1.807) is 6.92 Å². The van der Waals surface area contributed by atoms with E-state index in [2.05, 4.69) is 13.0 Å². The van der Waals surface area contributed by atoms with Crippen LogP contribution >= 0.6 is 0 Å². The minimum Gasteiger partial charge on any atom is -0.493 e. The number of ether oxygens (including phenoxy) is 1. The Bertz CT molecular complexity index is 330. The van der Waals surface area contributed by atoms with Gasteiger partial charge in [0.15, 0.2) is 0 Å². The van der Waals surface area contributed by atoms with Gasteiger partial charge >= 0.3 is 0 Å². The van der Waals surface area contributed by atoms with Gasteiger partial charge in [0.2, 0.25) is 0 Å². The second-order valence-corrected chi connectivity index (χ2v) is 4.02. The normalized spacial score (nSPS) is 12.6. The fourth-order valence-electron chi connectivity index (χ4n) is 1.70. The summed E-state index contributed by atoms with van der Waals surface area (Å²) >= 11 is 0. The van der Waals surface area contributed by atoms with Gasteiger partial charge in [0, 0.05) is 5.56 Å². The van der Waals surface area contributed by atoms with Crippen LogP contribution in [0.4, 0.5) is 0 Å². The quantitative estimate of drug-likeness (QED) is 0.823. The largest absolute Gasteiger partial charge is 0.493 e. The van der Waals surface area contributed by atoms with Crippen LogP contribution in [-0.2, 0) is 0 Å².